The fraction of sp³-hybridized carbons (Fsp3) is 0.512. The first-order valence-electron chi connectivity index (χ1n) is 20.1. The summed E-state index contributed by atoms with van der Waals surface area (Å²) in [5.74, 6) is 2.08. The zero-order valence-corrected chi connectivity index (χ0v) is 33.0. The number of aromatic nitrogens is 3. The molecular formula is C43H56N10O2. The molecule has 0 saturated carbocycles. The highest BCUT2D eigenvalue weighted by atomic mass is 16.5. The molecule has 290 valence electrons. The van der Waals surface area contributed by atoms with Crippen molar-refractivity contribution >= 4 is 34.9 Å². The lowest BCUT2D eigenvalue weighted by Gasteiger charge is -2.33. The number of hydrogen-bond acceptors (Lipinski definition) is 9. The van der Waals surface area contributed by atoms with E-state index >= 15 is 0 Å². The summed E-state index contributed by atoms with van der Waals surface area (Å²) in [4.78, 5) is 26.1. The van der Waals surface area contributed by atoms with Gasteiger partial charge in [-0.2, -0.15) is 0 Å². The van der Waals surface area contributed by atoms with Crippen LogP contribution in [0.25, 0.3) is 5.65 Å². The van der Waals surface area contributed by atoms with Gasteiger partial charge in [0.2, 0.25) is 5.95 Å². The van der Waals surface area contributed by atoms with Gasteiger partial charge in [-0.05, 0) is 98.9 Å². The maximum atomic E-state index is 13.8. The van der Waals surface area contributed by atoms with Gasteiger partial charge in [0.05, 0.1) is 17.9 Å². The third-order valence-electron chi connectivity index (χ3n) is 12.1. The van der Waals surface area contributed by atoms with Crippen LogP contribution in [0.15, 0.2) is 71.9 Å². The molecule has 5 unspecified atom stereocenters. The van der Waals surface area contributed by atoms with Crippen LogP contribution in [0, 0.1) is 10.8 Å². The molecule has 3 saturated heterocycles. The van der Waals surface area contributed by atoms with Gasteiger partial charge in [0.25, 0.3) is 0 Å². The van der Waals surface area contributed by atoms with E-state index in [9.17, 15) is 4.79 Å². The Balaban J connectivity index is 0.963. The third-order valence-corrected chi connectivity index (χ3v) is 12.1. The van der Waals surface area contributed by atoms with Crippen molar-refractivity contribution < 1.29 is 9.53 Å². The van der Waals surface area contributed by atoms with Crippen LogP contribution < -0.4 is 20.3 Å². The molecule has 2 bridgehead atoms. The number of pyridine rings is 1. The van der Waals surface area contributed by atoms with Crippen molar-refractivity contribution in [2.75, 3.05) is 31.6 Å². The van der Waals surface area contributed by atoms with Crippen molar-refractivity contribution in [1.29, 1.82) is 5.41 Å². The summed E-state index contributed by atoms with van der Waals surface area (Å²) in [6.45, 7) is 12.4. The van der Waals surface area contributed by atoms with Crippen LogP contribution in [0.2, 0.25) is 0 Å². The highest BCUT2D eigenvalue weighted by Gasteiger charge is 2.41. The van der Waals surface area contributed by atoms with Crippen LogP contribution in [-0.4, -0.2) is 86.8 Å². The number of amidine groups is 1. The zero-order valence-electron chi connectivity index (χ0n) is 33.0. The first-order chi connectivity index (χ1) is 26.5. The number of ether oxygens (including phenoxy) is 1. The van der Waals surface area contributed by atoms with E-state index in [1.54, 1.807) is 0 Å². The number of fused-ring (bicyclic) bond motifs is 4. The summed E-state index contributed by atoms with van der Waals surface area (Å²) in [7, 11) is 2.23. The number of amides is 2. The molecule has 12 heteroatoms. The number of likely N-dealkylation sites (tertiary alicyclic amines) is 2. The molecular weight excluding hydrogens is 689 g/mol. The lowest BCUT2D eigenvalue weighted by Crippen LogP contribution is -2.44. The number of aliphatic imine (C=N–C) groups is 1. The van der Waals surface area contributed by atoms with Crippen molar-refractivity contribution in [1.82, 2.24) is 35.0 Å². The lowest BCUT2D eigenvalue weighted by molar-refractivity contribution is 0.143. The first kappa shape index (κ1) is 37.1. The monoisotopic (exact) mass is 744 g/mol. The maximum Gasteiger partial charge on any atom is 0.320 e. The standard InChI is InChI=1S/C43H56N10O2/c1-28-11-8-9-20-52(28)42-49-48-40-19-16-33(27-53(40)42)55-37-18-17-36(34-14-6-7-15-35(34)37)46-41(54)47-39(23-38(44)43(2,3)4)45-30-13-10-12-29(21-30)24-51-26-31-22-32(51)25-50(31)5/h6-7,10,12-16,19,21,27-28,31-32,36-37,44H,8-9,11,17-18,20,22-26H2,1-5H3,(H2,45,46,47,54). The summed E-state index contributed by atoms with van der Waals surface area (Å²) in [6.07, 6.45) is 8.31. The molecule has 3 aliphatic heterocycles. The molecule has 2 aromatic carbocycles. The second-order valence-corrected chi connectivity index (χ2v) is 17.1. The van der Waals surface area contributed by atoms with Gasteiger partial charge in [0.15, 0.2) is 5.65 Å². The Hall–Kier alpha value is -4.81. The molecule has 4 aliphatic rings. The Labute approximate surface area is 324 Å². The maximum absolute atomic E-state index is 13.8. The molecule has 8 rings (SSSR count). The van der Waals surface area contributed by atoms with Crippen LogP contribution in [0.5, 0.6) is 5.75 Å². The minimum Gasteiger partial charge on any atom is -0.484 e. The fourth-order valence-electron chi connectivity index (χ4n) is 8.83. The van der Waals surface area contributed by atoms with Gasteiger partial charge in [0, 0.05) is 56.4 Å². The smallest absolute Gasteiger partial charge is 0.320 e. The van der Waals surface area contributed by atoms with Crippen molar-refractivity contribution in [2.24, 2.45) is 10.4 Å². The number of hydrogen-bond donors (Lipinski definition) is 3. The van der Waals surface area contributed by atoms with Crippen LogP contribution in [0.3, 0.4) is 0 Å². The molecule has 12 nitrogen and oxygen atoms in total. The summed E-state index contributed by atoms with van der Waals surface area (Å²) < 4.78 is 8.73. The number of piperazine rings is 1. The Kier molecular flexibility index (Phi) is 10.4. The average Bonchev–Trinajstić information content (AvgIpc) is 3.86. The zero-order chi connectivity index (χ0) is 38.3. The van der Waals surface area contributed by atoms with E-state index in [1.165, 1.54) is 18.4 Å². The largest absolute Gasteiger partial charge is 0.484 e. The van der Waals surface area contributed by atoms with E-state index in [0.29, 0.717) is 36.1 Å². The lowest BCUT2D eigenvalue weighted by atomic mass is 9.85. The topological polar surface area (TPSA) is 126 Å². The van der Waals surface area contributed by atoms with E-state index in [-0.39, 0.29) is 30.0 Å². The number of piperidine rings is 1. The number of carbonyl (C=O) groups is 1. The number of anilines is 1. The molecule has 55 heavy (non-hydrogen) atoms. The van der Waals surface area contributed by atoms with Crippen molar-refractivity contribution in [3.05, 3.63) is 83.6 Å². The van der Waals surface area contributed by atoms with E-state index in [2.05, 4.69) is 73.8 Å². The number of rotatable bonds is 9. The summed E-state index contributed by atoms with van der Waals surface area (Å²) in [5, 5.41) is 24.1. The molecule has 5 atom stereocenters. The molecule has 1 aliphatic carbocycles. The molecule has 3 fully saturated rings. The molecule has 2 amide bonds. The molecule has 5 heterocycles. The summed E-state index contributed by atoms with van der Waals surface area (Å²) in [5.41, 5.74) is 5.04. The number of likely N-dealkylation sites (N-methyl/N-ethyl adjacent to an activating group) is 1. The number of nitrogens with zero attached hydrogens (tertiary/aromatic N) is 7. The Bertz CT molecular complexity index is 2070. The predicted molar refractivity (Wildman–Crippen MR) is 218 cm³/mol. The number of urea groups is 1. The number of carbonyl (C=O) groups excluding carboxylic acids is 1. The van der Waals surface area contributed by atoms with Crippen LogP contribution in [0.4, 0.5) is 16.4 Å². The van der Waals surface area contributed by atoms with Crippen LogP contribution >= 0.6 is 0 Å². The Morgan fingerprint density at radius 1 is 0.982 bits per heavy atom. The van der Waals surface area contributed by atoms with Crippen LogP contribution in [-0.2, 0) is 6.54 Å². The highest BCUT2D eigenvalue weighted by molar-refractivity contribution is 6.09. The molecule has 0 spiro atoms. The summed E-state index contributed by atoms with van der Waals surface area (Å²) in [6, 6.07) is 21.6. The minimum absolute atomic E-state index is 0.170. The van der Waals surface area contributed by atoms with Crippen molar-refractivity contribution in [3.8, 4) is 5.75 Å². The van der Waals surface area contributed by atoms with Crippen molar-refractivity contribution in [2.45, 2.75) is 109 Å². The minimum atomic E-state index is -0.354. The fourth-order valence-corrected chi connectivity index (χ4v) is 8.83. The predicted octanol–water partition coefficient (Wildman–Crippen LogP) is 7.44. The Morgan fingerprint density at radius 2 is 1.82 bits per heavy atom. The van der Waals surface area contributed by atoms with Gasteiger partial charge in [-0.25, -0.2) is 9.79 Å². The Morgan fingerprint density at radius 3 is 2.58 bits per heavy atom. The van der Waals surface area contributed by atoms with E-state index in [0.717, 1.165) is 79.6 Å². The second-order valence-electron chi connectivity index (χ2n) is 17.1. The quantitative estimate of drug-likeness (QED) is 0.120. The molecule has 4 aromatic rings. The SMILES string of the molecule is CC1CCCCN1c1nnc2ccc(OC3CCC(NC(=O)NC(CC(=N)C(C)(C)C)=Nc4cccc(CN5CC6CC5CN6C)c4)c4ccccc43)cn12. The average molecular weight is 745 g/mol. The van der Waals surface area contributed by atoms with Gasteiger partial charge >= 0.3 is 6.03 Å². The van der Waals surface area contributed by atoms with Gasteiger partial charge in [0.1, 0.15) is 17.7 Å². The second kappa shape index (κ2) is 15.4. The first-order valence-corrected chi connectivity index (χ1v) is 20.1. The third kappa shape index (κ3) is 8.11. The van der Waals surface area contributed by atoms with Gasteiger partial charge in [-0.15, -0.1) is 10.2 Å². The van der Waals surface area contributed by atoms with Crippen molar-refractivity contribution in [3.63, 3.8) is 0 Å². The number of benzene rings is 2. The van der Waals surface area contributed by atoms with Gasteiger partial charge < -0.3 is 25.3 Å². The van der Waals surface area contributed by atoms with Gasteiger partial charge in [-0.3, -0.25) is 14.6 Å². The van der Waals surface area contributed by atoms with E-state index < -0.39 is 0 Å². The van der Waals surface area contributed by atoms with Gasteiger partial charge in [-0.1, -0.05) is 57.2 Å². The molecule has 2 aromatic heterocycles. The molecule has 3 N–H and O–H groups in total. The van der Waals surface area contributed by atoms with E-state index in [4.69, 9.17) is 15.1 Å². The van der Waals surface area contributed by atoms with E-state index in [1.807, 2.05) is 67.8 Å². The highest BCUT2D eigenvalue weighted by Crippen LogP contribution is 2.39. The molecule has 0 radical (unpaired) electrons. The summed E-state index contributed by atoms with van der Waals surface area (Å²) >= 11 is 0. The normalized spacial score (nSPS) is 24.6. The number of nitrogens with one attached hydrogen (secondary N) is 3. The van der Waals surface area contributed by atoms with Crippen LogP contribution in [0.1, 0.15) is 101 Å².